The number of halogens is 2. The summed E-state index contributed by atoms with van der Waals surface area (Å²) in [7, 11) is 3.79. The van der Waals surface area contributed by atoms with E-state index in [-0.39, 0.29) is 5.78 Å². The van der Waals surface area contributed by atoms with Crippen LogP contribution in [-0.2, 0) is 4.79 Å². The maximum atomic E-state index is 14.3. The van der Waals surface area contributed by atoms with Crippen molar-refractivity contribution in [1.29, 1.82) is 0 Å². The molecule has 3 aromatic carbocycles. The lowest BCUT2D eigenvalue weighted by atomic mass is 9.78. The Balaban J connectivity index is 1.70. The number of rotatable bonds is 7. The number of carbonyl (C=O) groups is 3. The third kappa shape index (κ3) is 5.68. The van der Waals surface area contributed by atoms with Crippen molar-refractivity contribution in [2.75, 3.05) is 24.3 Å². The van der Waals surface area contributed by atoms with Crippen molar-refractivity contribution in [3.05, 3.63) is 117 Å². The molecule has 4 unspecified atom stereocenters. The third-order valence-corrected chi connectivity index (χ3v) is 8.49. The Hall–Kier alpha value is -4.21. The van der Waals surface area contributed by atoms with E-state index in [1.807, 2.05) is 48.6 Å². The number of anilines is 2. The Morgan fingerprint density at radius 1 is 0.976 bits per heavy atom. The van der Waals surface area contributed by atoms with Gasteiger partial charge < -0.3 is 20.2 Å². The molecule has 41 heavy (non-hydrogen) atoms. The maximum Gasteiger partial charge on any atom is 0.327 e. The van der Waals surface area contributed by atoms with Crippen LogP contribution < -0.4 is 10.2 Å². The van der Waals surface area contributed by atoms with E-state index >= 15 is 0 Å². The van der Waals surface area contributed by atoms with Crippen LogP contribution in [0.1, 0.15) is 32.8 Å². The molecular formula is C31H27ClFN3O4S. The first-order chi connectivity index (χ1) is 19.7. The van der Waals surface area contributed by atoms with Crippen LogP contribution in [0.15, 0.2) is 90.3 Å². The minimum absolute atomic E-state index is 0.291. The van der Waals surface area contributed by atoms with Gasteiger partial charge in [0, 0.05) is 46.9 Å². The number of carbonyl (C=O) groups excluding carboxylic acids is 2. The van der Waals surface area contributed by atoms with E-state index in [4.69, 9.17) is 11.6 Å². The molecule has 1 fully saturated rings. The van der Waals surface area contributed by atoms with Crippen LogP contribution in [0.2, 0.25) is 5.02 Å². The van der Waals surface area contributed by atoms with Gasteiger partial charge in [-0.2, -0.15) is 0 Å². The predicted octanol–water partition coefficient (Wildman–Crippen LogP) is 6.93. The number of hydrogen-bond acceptors (Lipinski definition) is 5. The summed E-state index contributed by atoms with van der Waals surface area (Å²) in [5.41, 5.74) is 2.12. The molecule has 210 valence electrons. The Morgan fingerprint density at radius 3 is 2.27 bits per heavy atom. The number of carboxylic acids is 1. The van der Waals surface area contributed by atoms with Crippen LogP contribution in [0.3, 0.4) is 0 Å². The molecule has 4 aromatic rings. The number of nitrogens with zero attached hydrogens (tertiary/aromatic N) is 2. The lowest BCUT2D eigenvalue weighted by molar-refractivity contribution is -0.142. The first kappa shape index (κ1) is 28.3. The second-order valence-corrected chi connectivity index (χ2v) is 11.4. The highest BCUT2D eigenvalue weighted by molar-refractivity contribution is 7.10. The van der Waals surface area contributed by atoms with Gasteiger partial charge >= 0.3 is 12.0 Å². The molecule has 7 nitrogen and oxygen atoms in total. The third-order valence-electron chi connectivity index (χ3n) is 7.28. The van der Waals surface area contributed by atoms with Crippen LogP contribution >= 0.6 is 22.9 Å². The lowest BCUT2D eigenvalue weighted by Gasteiger charge is -2.30. The van der Waals surface area contributed by atoms with Crippen LogP contribution in [0, 0.1) is 11.7 Å². The van der Waals surface area contributed by atoms with Gasteiger partial charge in [-0.05, 0) is 65.5 Å². The highest BCUT2D eigenvalue weighted by Crippen LogP contribution is 2.52. The highest BCUT2D eigenvalue weighted by Gasteiger charge is 2.58. The Kier molecular flexibility index (Phi) is 8.10. The molecule has 0 spiro atoms. The van der Waals surface area contributed by atoms with E-state index in [9.17, 15) is 23.9 Å². The maximum absolute atomic E-state index is 14.3. The largest absolute Gasteiger partial charge is 0.480 e. The first-order valence-corrected chi connectivity index (χ1v) is 14.1. The molecule has 2 amide bonds. The molecule has 0 bridgehead atoms. The van der Waals surface area contributed by atoms with Gasteiger partial charge in [0.2, 0.25) is 0 Å². The second kappa shape index (κ2) is 11.7. The van der Waals surface area contributed by atoms with E-state index in [0.717, 1.165) is 5.69 Å². The fourth-order valence-corrected chi connectivity index (χ4v) is 6.54. The molecule has 1 saturated heterocycles. The van der Waals surface area contributed by atoms with Gasteiger partial charge in [0.1, 0.15) is 11.9 Å². The molecule has 2 heterocycles. The molecule has 10 heteroatoms. The smallest absolute Gasteiger partial charge is 0.327 e. The zero-order valence-corrected chi connectivity index (χ0v) is 23.8. The number of benzene rings is 3. The highest BCUT2D eigenvalue weighted by atomic mass is 35.5. The molecule has 1 aliphatic rings. The fourth-order valence-electron chi connectivity index (χ4n) is 5.45. The minimum Gasteiger partial charge on any atom is -0.480 e. The predicted molar refractivity (Wildman–Crippen MR) is 159 cm³/mol. The van der Waals surface area contributed by atoms with Crippen molar-refractivity contribution in [2.24, 2.45) is 5.92 Å². The van der Waals surface area contributed by atoms with E-state index < -0.39 is 41.7 Å². The molecule has 1 aliphatic heterocycles. The van der Waals surface area contributed by atoms with E-state index in [0.29, 0.717) is 26.7 Å². The number of ketones is 1. The summed E-state index contributed by atoms with van der Waals surface area (Å²) < 4.78 is 13.6. The zero-order valence-electron chi connectivity index (χ0n) is 22.2. The summed E-state index contributed by atoms with van der Waals surface area (Å²) in [6.45, 7) is 0. The molecule has 1 aromatic heterocycles. The van der Waals surface area contributed by atoms with E-state index in [2.05, 4.69) is 5.32 Å². The Bertz CT molecular complexity index is 1560. The van der Waals surface area contributed by atoms with Gasteiger partial charge in [0.25, 0.3) is 0 Å². The van der Waals surface area contributed by atoms with Gasteiger partial charge in [0.15, 0.2) is 5.78 Å². The quantitative estimate of drug-likeness (QED) is 0.227. The van der Waals surface area contributed by atoms with Crippen LogP contribution in [0.4, 0.5) is 20.6 Å². The van der Waals surface area contributed by atoms with Crippen molar-refractivity contribution in [1.82, 2.24) is 4.90 Å². The normalized spacial score (nSPS) is 20.0. The number of nitrogens with one attached hydrogen (secondary N) is 1. The fraction of sp³-hybridized carbons (Fsp3) is 0.194. The topological polar surface area (TPSA) is 90.0 Å². The number of amides is 2. The number of likely N-dealkylation sites (tertiary alicyclic amines) is 1. The summed E-state index contributed by atoms with van der Waals surface area (Å²) in [5.74, 6) is -3.84. The number of hydrogen-bond donors (Lipinski definition) is 2. The van der Waals surface area contributed by atoms with Gasteiger partial charge in [-0.3, -0.25) is 4.79 Å². The summed E-state index contributed by atoms with van der Waals surface area (Å²) in [4.78, 5) is 45.1. The van der Waals surface area contributed by atoms with Gasteiger partial charge in [-0.15, -0.1) is 11.3 Å². The second-order valence-electron chi connectivity index (χ2n) is 10.00. The standard InChI is InChI=1S/C31H27ClFN3O4S/c1-35(2)23-14-8-18(9-15-23)27-26(29(37)19-5-3-6-20(32)17-19)25(24-7-4-16-41-24)28(30(38)39)36(27)31(40)34-22-12-10-21(33)11-13-22/h3-17,25-28H,1-2H3,(H,34,40)(H,38,39). The first-order valence-electron chi connectivity index (χ1n) is 12.8. The number of aliphatic carboxylic acids is 1. The molecule has 5 rings (SSSR count). The average Bonchev–Trinajstić information content (AvgIpc) is 3.60. The molecule has 0 aliphatic carbocycles. The van der Waals surface area contributed by atoms with Crippen molar-refractivity contribution >= 4 is 52.1 Å². The Morgan fingerprint density at radius 2 is 1.68 bits per heavy atom. The summed E-state index contributed by atoms with van der Waals surface area (Å²) in [6.07, 6.45) is 0. The lowest BCUT2D eigenvalue weighted by Crippen LogP contribution is -2.45. The van der Waals surface area contributed by atoms with Crippen molar-refractivity contribution < 1.29 is 23.9 Å². The monoisotopic (exact) mass is 591 g/mol. The summed E-state index contributed by atoms with van der Waals surface area (Å²) >= 11 is 7.58. The van der Waals surface area contributed by atoms with E-state index in [1.165, 1.54) is 40.5 Å². The van der Waals surface area contributed by atoms with E-state index in [1.54, 1.807) is 36.4 Å². The number of thiophene rings is 1. The van der Waals surface area contributed by atoms with Gasteiger partial charge in [-0.25, -0.2) is 14.0 Å². The average molecular weight is 592 g/mol. The zero-order chi connectivity index (χ0) is 29.3. The Labute approximate surface area is 245 Å². The SMILES string of the molecule is CN(C)c1ccc(C2C(C(=O)c3cccc(Cl)c3)C(c3cccs3)C(C(=O)O)N2C(=O)Nc2ccc(F)cc2)cc1. The molecule has 0 radical (unpaired) electrons. The summed E-state index contributed by atoms with van der Waals surface area (Å²) in [5, 5.41) is 15.5. The number of urea groups is 1. The van der Waals surface area contributed by atoms with Crippen molar-refractivity contribution in [3.63, 3.8) is 0 Å². The van der Waals surface area contributed by atoms with Crippen LogP contribution in [0.25, 0.3) is 0 Å². The number of carboxylic acid groups (broad SMARTS) is 1. The molecular weight excluding hydrogens is 565 g/mol. The van der Waals surface area contributed by atoms with Gasteiger partial charge in [0.05, 0.1) is 12.0 Å². The van der Waals surface area contributed by atoms with Crippen LogP contribution in [-0.4, -0.2) is 47.9 Å². The van der Waals surface area contributed by atoms with Crippen molar-refractivity contribution in [2.45, 2.75) is 18.0 Å². The molecule has 0 saturated carbocycles. The number of Topliss-reactive ketones (excluding diaryl/α,β-unsaturated/α-hetero) is 1. The summed E-state index contributed by atoms with van der Waals surface area (Å²) in [6, 6.07) is 19.6. The van der Waals surface area contributed by atoms with Crippen molar-refractivity contribution in [3.8, 4) is 0 Å². The minimum atomic E-state index is -1.37. The van der Waals surface area contributed by atoms with Gasteiger partial charge in [-0.1, -0.05) is 41.9 Å². The molecule has 4 atom stereocenters. The molecule has 2 N–H and O–H groups in total. The van der Waals surface area contributed by atoms with Crippen LogP contribution in [0.5, 0.6) is 0 Å².